The van der Waals surface area contributed by atoms with Crippen molar-refractivity contribution in [3.05, 3.63) is 60.0 Å². The van der Waals surface area contributed by atoms with Gasteiger partial charge in [-0.1, -0.05) is 18.2 Å². The van der Waals surface area contributed by atoms with E-state index in [1.54, 1.807) is 7.11 Å². The van der Waals surface area contributed by atoms with Crippen LogP contribution in [0.15, 0.2) is 48.7 Å². The highest BCUT2D eigenvalue weighted by atomic mass is 16.5. The minimum Gasteiger partial charge on any atom is -0.497 e. The molecule has 7 heteroatoms. The van der Waals surface area contributed by atoms with E-state index in [4.69, 9.17) is 9.47 Å². The molecule has 7 nitrogen and oxygen atoms in total. The molecule has 0 N–H and O–H groups in total. The number of benzene rings is 1. The monoisotopic (exact) mass is 394 g/mol. The number of hydrogen-bond donors (Lipinski definition) is 0. The zero-order valence-corrected chi connectivity index (χ0v) is 16.8. The van der Waals surface area contributed by atoms with Crippen LogP contribution in [0, 0.1) is 0 Å². The fraction of sp³-hybridized carbons (Fsp3) is 0.409. The maximum atomic E-state index is 13.0. The first kappa shape index (κ1) is 19.4. The summed E-state index contributed by atoms with van der Waals surface area (Å²) in [6, 6.07) is 13.6. The Morgan fingerprint density at radius 3 is 3.00 bits per heavy atom. The highest BCUT2D eigenvalue weighted by Crippen LogP contribution is 2.26. The van der Waals surface area contributed by atoms with Crippen LogP contribution in [0.2, 0.25) is 0 Å². The molecule has 1 aromatic carbocycles. The molecule has 1 fully saturated rings. The molecule has 152 valence electrons. The predicted octanol–water partition coefficient (Wildman–Crippen LogP) is 3.05. The van der Waals surface area contributed by atoms with E-state index in [-0.39, 0.29) is 11.8 Å². The zero-order chi connectivity index (χ0) is 20.2. The normalized spacial score (nSPS) is 18.0. The van der Waals surface area contributed by atoms with Gasteiger partial charge in [0.1, 0.15) is 17.7 Å². The Balaban J connectivity index is 1.39. The van der Waals surface area contributed by atoms with Gasteiger partial charge in [-0.05, 0) is 49.6 Å². The van der Waals surface area contributed by atoms with Crippen LogP contribution < -0.4 is 4.74 Å². The van der Waals surface area contributed by atoms with Crippen LogP contribution in [-0.2, 0) is 16.1 Å². The first-order valence-corrected chi connectivity index (χ1v) is 9.98. The number of carbonyl (C=O) groups is 1. The van der Waals surface area contributed by atoms with E-state index in [0.29, 0.717) is 13.2 Å². The fourth-order valence-electron chi connectivity index (χ4n) is 3.84. The maximum absolute atomic E-state index is 13.0. The number of hydrogen-bond acceptors (Lipinski definition) is 5. The Bertz CT molecular complexity index is 987. The number of methoxy groups -OCH3 is 1. The number of aromatic nitrogens is 3. The number of fused-ring (bicyclic) bond motifs is 1. The van der Waals surface area contributed by atoms with Crippen LogP contribution >= 0.6 is 0 Å². The van der Waals surface area contributed by atoms with Crippen LogP contribution in [0.5, 0.6) is 5.75 Å². The summed E-state index contributed by atoms with van der Waals surface area (Å²) in [5, 5.41) is 8.63. The number of nitrogens with zero attached hydrogens (tertiary/aromatic N) is 4. The van der Waals surface area contributed by atoms with Gasteiger partial charge in [0.25, 0.3) is 5.91 Å². The predicted molar refractivity (Wildman–Crippen MR) is 109 cm³/mol. The lowest BCUT2D eigenvalue weighted by Gasteiger charge is -2.33. The van der Waals surface area contributed by atoms with Crippen LogP contribution in [0.4, 0.5) is 0 Å². The standard InChI is InChI=1S/C22H26N4O3/c1-16(29-15-17-7-5-9-19(13-17)28-2)22(27)25-11-6-8-18(14-25)21-24-23-20-10-3-4-12-26(20)21/h3-5,7,9-10,12-13,16,18H,6,8,11,14-15H2,1-2H3/t16-,18-/m0/s1. The number of piperidine rings is 1. The molecule has 3 aromatic rings. The van der Waals surface area contributed by atoms with Gasteiger partial charge in [0.2, 0.25) is 0 Å². The van der Waals surface area contributed by atoms with Gasteiger partial charge in [0, 0.05) is 25.2 Å². The number of carbonyl (C=O) groups excluding carboxylic acids is 1. The minimum absolute atomic E-state index is 0.0198. The average Bonchev–Trinajstić information content (AvgIpc) is 3.21. The van der Waals surface area contributed by atoms with Crippen LogP contribution in [-0.4, -0.2) is 51.7 Å². The van der Waals surface area contributed by atoms with Crippen LogP contribution in [0.25, 0.3) is 5.65 Å². The molecule has 2 aromatic heterocycles. The van der Waals surface area contributed by atoms with E-state index in [2.05, 4.69) is 10.2 Å². The van der Waals surface area contributed by atoms with E-state index in [9.17, 15) is 4.79 Å². The second kappa shape index (κ2) is 8.61. The second-order valence-corrected chi connectivity index (χ2v) is 7.42. The second-order valence-electron chi connectivity index (χ2n) is 7.42. The molecule has 0 aliphatic carbocycles. The van der Waals surface area contributed by atoms with Gasteiger partial charge in [0.05, 0.1) is 13.7 Å². The van der Waals surface area contributed by atoms with Gasteiger partial charge in [-0.3, -0.25) is 9.20 Å². The zero-order valence-electron chi connectivity index (χ0n) is 16.8. The summed E-state index contributed by atoms with van der Waals surface area (Å²) in [6.45, 7) is 3.58. The molecule has 0 unspecified atom stereocenters. The molecular weight excluding hydrogens is 368 g/mol. The van der Waals surface area contributed by atoms with Gasteiger partial charge >= 0.3 is 0 Å². The molecule has 1 amide bonds. The summed E-state index contributed by atoms with van der Waals surface area (Å²) in [7, 11) is 1.64. The highest BCUT2D eigenvalue weighted by molar-refractivity contribution is 5.80. The number of amides is 1. The summed E-state index contributed by atoms with van der Waals surface area (Å²) in [4.78, 5) is 14.9. The summed E-state index contributed by atoms with van der Waals surface area (Å²) in [5.41, 5.74) is 1.82. The fourth-order valence-corrected chi connectivity index (χ4v) is 3.84. The van der Waals surface area contributed by atoms with E-state index < -0.39 is 6.10 Å². The van der Waals surface area contributed by atoms with E-state index in [0.717, 1.165) is 42.2 Å². The third kappa shape index (κ3) is 4.24. The highest BCUT2D eigenvalue weighted by Gasteiger charge is 2.30. The molecule has 1 aliphatic heterocycles. The van der Waals surface area contributed by atoms with Crippen molar-refractivity contribution in [1.82, 2.24) is 19.5 Å². The van der Waals surface area contributed by atoms with Gasteiger partial charge < -0.3 is 14.4 Å². The SMILES string of the molecule is COc1cccc(CO[C@@H](C)C(=O)N2CCC[C@H](c3nnc4ccccn34)C2)c1. The molecule has 29 heavy (non-hydrogen) atoms. The number of likely N-dealkylation sites (tertiary alicyclic amines) is 1. The van der Waals surface area contributed by atoms with E-state index in [1.807, 2.05) is 64.9 Å². The van der Waals surface area contributed by atoms with Crippen molar-refractivity contribution in [2.24, 2.45) is 0 Å². The third-order valence-corrected chi connectivity index (χ3v) is 5.42. The Kier molecular flexibility index (Phi) is 5.76. The molecule has 2 atom stereocenters. The van der Waals surface area contributed by atoms with Crippen molar-refractivity contribution < 1.29 is 14.3 Å². The minimum atomic E-state index is -0.505. The largest absolute Gasteiger partial charge is 0.497 e. The molecule has 0 bridgehead atoms. The first-order valence-electron chi connectivity index (χ1n) is 9.98. The Morgan fingerprint density at radius 2 is 2.14 bits per heavy atom. The van der Waals surface area contributed by atoms with Crippen molar-refractivity contribution in [3.63, 3.8) is 0 Å². The molecule has 4 rings (SSSR count). The van der Waals surface area contributed by atoms with Crippen LogP contribution in [0.1, 0.15) is 37.1 Å². The van der Waals surface area contributed by atoms with Crippen molar-refractivity contribution in [3.8, 4) is 5.75 Å². The Labute approximate surface area is 170 Å². The maximum Gasteiger partial charge on any atom is 0.251 e. The lowest BCUT2D eigenvalue weighted by atomic mass is 9.97. The van der Waals surface area contributed by atoms with Crippen molar-refractivity contribution in [1.29, 1.82) is 0 Å². The van der Waals surface area contributed by atoms with Crippen LogP contribution in [0.3, 0.4) is 0 Å². The summed E-state index contributed by atoms with van der Waals surface area (Å²) in [5.74, 6) is 1.90. The number of pyridine rings is 1. The van der Waals surface area contributed by atoms with Gasteiger partial charge in [-0.15, -0.1) is 10.2 Å². The molecule has 1 aliphatic rings. The summed E-state index contributed by atoms with van der Waals surface area (Å²) in [6.07, 6.45) is 3.42. The van der Waals surface area contributed by atoms with Gasteiger partial charge in [0.15, 0.2) is 5.65 Å². The van der Waals surface area contributed by atoms with Crippen molar-refractivity contribution in [2.45, 2.75) is 38.4 Å². The molecule has 0 radical (unpaired) electrons. The first-order chi connectivity index (χ1) is 14.2. The smallest absolute Gasteiger partial charge is 0.251 e. The number of ether oxygens (including phenoxy) is 2. The lowest BCUT2D eigenvalue weighted by Crippen LogP contribution is -2.44. The number of rotatable bonds is 6. The van der Waals surface area contributed by atoms with Crippen molar-refractivity contribution in [2.75, 3.05) is 20.2 Å². The Morgan fingerprint density at radius 1 is 1.24 bits per heavy atom. The molecule has 3 heterocycles. The lowest BCUT2D eigenvalue weighted by molar-refractivity contribution is -0.144. The molecule has 1 saturated heterocycles. The van der Waals surface area contributed by atoms with Gasteiger partial charge in [-0.2, -0.15) is 0 Å². The topological polar surface area (TPSA) is 69.0 Å². The van der Waals surface area contributed by atoms with E-state index >= 15 is 0 Å². The van der Waals surface area contributed by atoms with E-state index in [1.165, 1.54) is 0 Å². The summed E-state index contributed by atoms with van der Waals surface area (Å²) >= 11 is 0. The molecule has 0 spiro atoms. The molecule has 0 saturated carbocycles. The summed E-state index contributed by atoms with van der Waals surface area (Å²) < 4.78 is 13.1. The third-order valence-electron chi connectivity index (χ3n) is 5.42. The quantitative estimate of drug-likeness (QED) is 0.643. The van der Waals surface area contributed by atoms with Gasteiger partial charge in [-0.25, -0.2) is 0 Å². The average molecular weight is 394 g/mol. The Hall–Kier alpha value is -2.93. The molecular formula is C22H26N4O3. The van der Waals surface area contributed by atoms with Crippen molar-refractivity contribution >= 4 is 11.6 Å².